The minimum atomic E-state index is -3.78. The molecule has 0 spiro atoms. The van der Waals surface area contributed by atoms with Crippen molar-refractivity contribution in [1.29, 1.82) is 0 Å². The van der Waals surface area contributed by atoms with Crippen LogP contribution in [-0.2, 0) is 10.0 Å². The lowest BCUT2D eigenvalue weighted by Gasteiger charge is -2.09. The van der Waals surface area contributed by atoms with Crippen molar-refractivity contribution in [3.05, 3.63) is 71.8 Å². The number of aromatic nitrogens is 1. The molecule has 1 heterocycles. The predicted octanol–water partition coefficient (Wildman–Crippen LogP) is 5.40. The first kappa shape index (κ1) is 21.9. The Morgan fingerprint density at radius 1 is 1.00 bits per heavy atom. The second kappa shape index (κ2) is 9.03. The number of ether oxygens (including phenoxy) is 1. The summed E-state index contributed by atoms with van der Waals surface area (Å²) in [5.41, 5.74) is 1.47. The number of amides is 2. The van der Waals surface area contributed by atoms with Gasteiger partial charge in [-0.3, -0.25) is 4.72 Å². The molecular formula is C21H17ClN4O4S2. The van der Waals surface area contributed by atoms with Gasteiger partial charge in [-0.2, -0.15) is 0 Å². The Morgan fingerprint density at radius 3 is 2.47 bits per heavy atom. The Morgan fingerprint density at radius 2 is 1.75 bits per heavy atom. The fourth-order valence-electron chi connectivity index (χ4n) is 2.90. The summed E-state index contributed by atoms with van der Waals surface area (Å²) in [4.78, 5) is 16.9. The highest BCUT2D eigenvalue weighted by Crippen LogP contribution is 2.36. The average molecular weight is 489 g/mol. The van der Waals surface area contributed by atoms with Gasteiger partial charge in [-0.15, -0.1) is 0 Å². The van der Waals surface area contributed by atoms with Crippen LogP contribution in [0.2, 0.25) is 5.02 Å². The molecule has 3 N–H and O–H groups in total. The SMILES string of the molecule is COc1cc(NC(=O)Nc2cccc(Cl)c2)cc2sc(NS(=O)(=O)c3ccccc3)nc12. The number of methoxy groups -OCH3 is 1. The summed E-state index contributed by atoms with van der Waals surface area (Å²) in [6, 6.07) is 17.6. The van der Waals surface area contributed by atoms with Gasteiger partial charge in [0.05, 0.1) is 16.7 Å². The molecule has 0 atom stereocenters. The minimum absolute atomic E-state index is 0.131. The normalized spacial score (nSPS) is 11.2. The first-order chi connectivity index (χ1) is 15.3. The van der Waals surface area contributed by atoms with Gasteiger partial charge in [0.15, 0.2) is 5.13 Å². The van der Waals surface area contributed by atoms with Crippen LogP contribution in [-0.4, -0.2) is 26.5 Å². The molecule has 11 heteroatoms. The zero-order valence-electron chi connectivity index (χ0n) is 16.6. The highest BCUT2D eigenvalue weighted by molar-refractivity contribution is 7.93. The summed E-state index contributed by atoms with van der Waals surface area (Å²) in [7, 11) is -2.31. The largest absolute Gasteiger partial charge is 0.494 e. The van der Waals surface area contributed by atoms with Crippen molar-refractivity contribution < 1.29 is 17.9 Å². The number of nitrogens with one attached hydrogen (secondary N) is 3. The summed E-state index contributed by atoms with van der Waals surface area (Å²) in [6.45, 7) is 0. The first-order valence-corrected chi connectivity index (χ1v) is 11.9. The fraction of sp³-hybridized carbons (Fsp3) is 0.0476. The van der Waals surface area contributed by atoms with E-state index in [9.17, 15) is 13.2 Å². The molecule has 0 fully saturated rings. The van der Waals surface area contributed by atoms with Crippen molar-refractivity contribution in [2.75, 3.05) is 22.5 Å². The van der Waals surface area contributed by atoms with Gasteiger partial charge in [0.25, 0.3) is 10.0 Å². The smallest absolute Gasteiger partial charge is 0.323 e. The van der Waals surface area contributed by atoms with Crippen LogP contribution in [0.3, 0.4) is 0 Å². The molecule has 0 aliphatic heterocycles. The molecule has 4 aromatic rings. The number of carbonyl (C=O) groups excluding carboxylic acids is 1. The van der Waals surface area contributed by atoms with E-state index in [0.29, 0.717) is 32.4 Å². The summed E-state index contributed by atoms with van der Waals surface area (Å²) in [5, 5.41) is 6.10. The van der Waals surface area contributed by atoms with E-state index in [1.165, 1.54) is 19.2 Å². The quantitative estimate of drug-likeness (QED) is 0.336. The van der Waals surface area contributed by atoms with Crippen LogP contribution in [0.5, 0.6) is 5.75 Å². The molecule has 8 nitrogen and oxygen atoms in total. The van der Waals surface area contributed by atoms with Crippen molar-refractivity contribution in [1.82, 2.24) is 4.98 Å². The third kappa shape index (κ3) is 4.93. The maximum atomic E-state index is 12.6. The number of sulfonamides is 1. The standard InChI is InChI=1S/C21H17ClN4O4S2/c1-30-17-11-15(24-20(27)23-14-7-5-6-13(22)10-14)12-18-19(17)25-21(31-18)26-32(28,29)16-8-3-2-4-9-16/h2-12H,1H3,(H,25,26)(H2,23,24,27). The lowest BCUT2D eigenvalue weighted by Crippen LogP contribution is -2.19. The number of thiazole rings is 1. The van der Waals surface area contributed by atoms with Crippen LogP contribution in [0, 0.1) is 0 Å². The van der Waals surface area contributed by atoms with Gasteiger partial charge in [-0.25, -0.2) is 18.2 Å². The van der Waals surface area contributed by atoms with Gasteiger partial charge in [0.2, 0.25) is 0 Å². The molecule has 0 aliphatic carbocycles. The molecule has 2 amide bonds. The van der Waals surface area contributed by atoms with Crippen LogP contribution in [0.1, 0.15) is 0 Å². The predicted molar refractivity (Wildman–Crippen MR) is 128 cm³/mol. The zero-order chi connectivity index (χ0) is 22.7. The highest BCUT2D eigenvalue weighted by atomic mass is 35.5. The average Bonchev–Trinajstić information content (AvgIpc) is 3.15. The molecule has 0 saturated carbocycles. The molecule has 0 unspecified atom stereocenters. The highest BCUT2D eigenvalue weighted by Gasteiger charge is 2.18. The second-order valence-corrected chi connectivity index (χ2v) is 9.70. The van der Waals surface area contributed by atoms with Gasteiger partial charge in [0.1, 0.15) is 11.3 Å². The van der Waals surface area contributed by atoms with Gasteiger partial charge in [0, 0.05) is 22.5 Å². The van der Waals surface area contributed by atoms with E-state index >= 15 is 0 Å². The molecule has 4 rings (SSSR count). The molecule has 1 aromatic heterocycles. The number of rotatable bonds is 6. The molecule has 0 aliphatic rings. The summed E-state index contributed by atoms with van der Waals surface area (Å²) >= 11 is 7.06. The number of urea groups is 1. The summed E-state index contributed by atoms with van der Waals surface area (Å²) < 4.78 is 33.7. The molecule has 32 heavy (non-hydrogen) atoms. The lowest BCUT2D eigenvalue weighted by atomic mass is 10.2. The van der Waals surface area contributed by atoms with E-state index in [1.54, 1.807) is 54.6 Å². The number of hydrogen-bond donors (Lipinski definition) is 3. The topological polar surface area (TPSA) is 109 Å². The van der Waals surface area contributed by atoms with E-state index in [-0.39, 0.29) is 10.0 Å². The van der Waals surface area contributed by atoms with E-state index in [2.05, 4.69) is 20.3 Å². The third-order valence-corrected chi connectivity index (χ3v) is 6.93. The van der Waals surface area contributed by atoms with Crippen LogP contribution in [0.25, 0.3) is 10.2 Å². The molecule has 0 radical (unpaired) electrons. The summed E-state index contributed by atoms with van der Waals surface area (Å²) in [5.74, 6) is 0.391. The maximum Gasteiger partial charge on any atom is 0.323 e. The fourth-order valence-corrected chi connectivity index (χ4v) is 5.27. The van der Waals surface area contributed by atoms with Crippen molar-refractivity contribution in [3.8, 4) is 5.75 Å². The number of anilines is 3. The monoisotopic (exact) mass is 488 g/mol. The van der Waals surface area contributed by atoms with Crippen molar-refractivity contribution >= 4 is 65.7 Å². The number of halogens is 1. The minimum Gasteiger partial charge on any atom is -0.494 e. The van der Waals surface area contributed by atoms with Crippen molar-refractivity contribution in [2.45, 2.75) is 4.90 Å². The van der Waals surface area contributed by atoms with Gasteiger partial charge >= 0.3 is 6.03 Å². The second-order valence-electron chi connectivity index (χ2n) is 6.55. The maximum absolute atomic E-state index is 12.6. The van der Waals surface area contributed by atoms with Crippen LogP contribution < -0.4 is 20.1 Å². The first-order valence-electron chi connectivity index (χ1n) is 9.24. The molecule has 164 valence electrons. The Kier molecular flexibility index (Phi) is 6.17. The Bertz CT molecular complexity index is 1390. The Balaban J connectivity index is 1.58. The van der Waals surface area contributed by atoms with E-state index in [0.717, 1.165) is 11.3 Å². The number of carbonyl (C=O) groups is 1. The van der Waals surface area contributed by atoms with Gasteiger partial charge in [-0.1, -0.05) is 47.2 Å². The third-order valence-electron chi connectivity index (χ3n) is 4.30. The number of fused-ring (bicyclic) bond motifs is 1. The molecule has 0 saturated heterocycles. The number of nitrogens with zero attached hydrogens (tertiary/aromatic N) is 1. The van der Waals surface area contributed by atoms with E-state index in [1.807, 2.05) is 0 Å². The van der Waals surface area contributed by atoms with Gasteiger partial charge in [-0.05, 0) is 36.4 Å². The van der Waals surface area contributed by atoms with Crippen molar-refractivity contribution in [3.63, 3.8) is 0 Å². The van der Waals surface area contributed by atoms with Crippen LogP contribution in [0.15, 0.2) is 71.6 Å². The van der Waals surface area contributed by atoms with E-state index < -0.39 is 16.1 Å². The van der Waals surface area contributed by atoms with Crippen molar-refractivity contribution in [2.24, 2.45) is 0 Å². The Labute approximate surface area is 193 Å². The Hall–Kier alpha value is -3.34. The molecular weight excluding hydrogens is 472 g/mol. The van der Waals surface area contributed by atoms with Crippen LogP contribution in [0.4, 0.5) is 21.3 Å². The van der Waals surface area contributed by atoms with Gasteiger partial charge < -0.3 is 15.4 Å². The van der Waals surface area contributed by atoms with E-state index in [4.69, 9.17) is 16.3 Å². The zero-order valence-corrected chi connectivity index (χ0v) is 19.0. The summed E-state index contributed by atoms with van der Waals surface area (Å²) in [6.07, 6.45) is 0. The van der Waals surface area contributed by atoms with Crippen LogP contribution >= 0.6 is 22.9 Å². The molecule has 0 bridgehead atoms. The molecule has 3 aromatic carbocycles. The number of hydrogen-bond acceptors (Lipinski definition) is 6. The number of benzene rings is 3. The lowest BCUT2D eigenvalue weighted by molar-refractivity contribution is 0.262.